The van der Waals surface area contributed by atoms with Crippen molar-refractivity contribution in [3.63, 3.8) is 0 Å². The summed E-state index contributed by atoms with van der Waals surface area (Å²) < 4.78 is 6.92. The number of fused-ring (bicyclic) bond motifs is 1. The van der Waals surface area contributed by atoms with Crippen molar-refractivity contribution in [1.82, 2.24) is 19.7 Å². The quantitative estimate of drug-likeness (QED) is 0.689. The van der Waals surface area contributed by atoms with Gasteiger partial charge >= 0.3 is 0 Å². The van der Waals surface area contributed by atoms with Gasteiger partial charge in [0.2, 0.25) is 5.91 Å². The van der Waals surface area contributed by atoms with Gasteiger partial charge in [-0.15, -0.1) is 0 Å². The summed E-state index contributed by atoms with van der Waals surface area (Å²) in [5, 5.41) is 5.15. The molecule has 0 radical (unpaired) electrons. The van der Waals surface area contributed by atoms with Crippen molar-refractivity contribution in [3.05, 3.63) is 41.3 Å². The Labute approximate surface area is 163 Å². The number of benzene rings is 1. The lowest BCUT2D eigenvalue weighted by atomic mass is 10.1. The van der Waals surface area contributed by atoms with E-state index >= 15 is 0 Å². The molecule has 3 heterocycles. The van der Waals surface area contributed by atoms with Crippen molar-refractivity contribution in [1.29, 1.82) is 0 Å². The smallest absolute Gasteiger partial charge is 0.246 e. The second-order valence-electron chi connectivity index (χ2n) is 7.21. The summed E-state index contributed by atoms with van der Waals surface area (Å²) >= 11 is 0. The molecule has 1 fully saturated rings. The van der Waals surface area contributed by atoms with Crippen LogP contribution in [-0.4, -0.2) is 52.4 Å². The van der Waals surface area contributed by atoms with Gasteiger partial charge in [-0.1, -0.05) is 6.07 Å². The Morgan fingerprint density at radius 2 is 1.86 bits per heavy atom. The molecule has 0 unspecified atom stereocenters. The first-order valence-corrected chi connectivity index (χ1v) is 9.27. The second-order valence-corrected chi connectivity index (χ2v) is 7.21. The molecule has 0 N–H and O–H groups in total. The van der Waals surface area contributed by atoms with Gasteiger partial charge in [-0.3, -0.25) is 9.48 Å². The molecule has 0 aliphatic carbocycles. The first-order valence-electron chi connectivity index (χ1n) is 9.27. The topological polar surface area (TPSA) is 76.4 Å². The first kappa shape index (κ1) is 18.4. The normalized spacial score (nSPS) is 14.9. The van der Waals surface area contributed by atoms with Crippen LogP contribution in [0.3, 0.4) is 0 Å². The Hall–Kier alpha value is -3.00. The number of amides is 1. The van der Waals surface area contributed by atoms with Crippen LogP contribution < -0.4 is 9.80 Å². The molecule has 1 aliphatic heterocycles. The van der Waals surface area contributed by atoms with Crippen LogP contribution in [0.1, 0.15) is 17.0 Å². The van der Waals surface area contributed by atoms with Gasteiger partial charge in [0.25, 0.3) is 0 Å². The molecule has 1 amide bonds. The van der Waals surface area contributed by atoms with Gasteiger partial charge in [0.05, 0.1) is 18.1 Å². The Bertz CT molecular complexity index is 1020. The maximum atomic E-state index is 12.9. The summed E-state index contributed by atoms with van der Waals surface area (Å²) in [6, 6.07) is 6.23. The van der Waals surface area contributed by atoms with E-state index in [0.29, 0.717) is 25.5 Å². The SMILES string of the molecule is COCc1nc(N2CCN(c3cc(C)cc(C)c3)C(=O)C2)c2cnn(C)c2n1. The van der Waals surface area contributed by atoms with Crippen LogP contribution in [0, 0.1) is 13.8 Å². The fourth-order valence-corrected chi connectivity index (χ4v) is 3.72. The largest absolute Gasteiger partial charge is 0.377 e. The Morgan fingerprint density at radius 1 is 1.11 bits per heavy atom. The van der Waals surface area contributed by atoms with Crippen LogP contribution >= 0.6 is 0 Å². The zero-order valence-corrected chi connectivity index (χ0v) is 16.6. The average molecular weight is 380 g/mol. The maximum absolute atomic E-state index is 12.9. The fraction of sp³-hybridized carbons (Fsp3) is 0.400. The number of piperazine rings is 1. The molecule has 146 valence electrons. The van der Waals surface area contributed by atoms with E-state index in [0.717, 1.165) is 33.7 Å². The lowest BCUT2D eigenvalue weighted by Gasteiger charge is -2.35. The molecule has 8 nitrogen and oxygen atoms in total. The third kappa shape index (κ3) is 3.31. The molecule has 28 heavy (non-hydrogen) atoms. The minimum Gasteiger partial charge on any atom is -0.377 e. The number of carbonyl (C=O) groups is 1. The third-order valence-electron chi connectivity index (χ3n) is 4.93. The Kier molecular flexibility index (Phi) is 4.72. The molecule has 1 aliphatic rings. The molecule has 8 heteroatoms. The number of carbonyl (C=O) groups excluding carboxylic acids is 1. The number of anilines is 2. The van der Waals surface area contributed by atoms with Crippen LogP contribution in [-0.2, 0) is 23.2 Å². The number of rotatable bonds is 4. The van der Waals surface area contributed by atoms with Gasteiger partial charge < -0.3 is 14.5 Å². The highest BCUT2D eigenvalue weighted by Gasteiger charge is 2.28. The summed E-state index contributed by atoms with van der Waals surface area (Å²) in [6.45, 7) is 5.97. The number of ether oxygens (including phenoxy) is 1. The maximum Gasteiger partial charge on any atom is 0.246 e. The second kappa shape index (κ2) is 7.20. The summed E-state index contributed by atoms with van der Waals surface area (Å²) in [6.07, 6.45) is 1.75. The molecule has 1 saturated heterocycles. The van der Waals surface area contributed by atoms with Gasteiger partial charge in [0, 0.05) is 32.9 Å². The minimum absolute atomic E-state index is 0.0557. The molecule has 0 atom stereocenters. The molecule has 0 bridgehead atoms. The molecule has 4 rings (SSSR count). The van der Waals surface area contributed by atoms with Gasteiger partial charge in [0.15, 0.2) is 11.5 Å². The van der Waals surface area contributed by atoms with E-state index in [1.54, 1.807) is 18.0 Å². The summed E-state index contributed by atoms with van der Waals surface area (Å²) in [4.78, 5) is 26.0. The van der Waals surface area contributed by atoms with Crippen LogP contribution in [0.4, 0.5) is 11.5 Å². The Morgan fingerprint density at radius 3 is 2.54 bits per heavy atom. The predicted octanol–water partition coefficient (Wildman–Crippen LogP) is 1.98. The number of nitrogens with zero attached hydrogens (tertiary/aromatic N) is 6. The highest BCUT2D eigenvalue weighted by atomic mass is 16.5. The highest BCUT2D eigenvalue weighted by Crippen LogP contribution is 2.27. The molecule has 0 saturated carbocycles. The molecule has 0 spiro atoms. The highest BCUT2D eigenvalue weighted by molar-refractivity contribution is 5.99. The third-order valence-corrected chi connectivity index (χ3v) is 4.93. The molecular weight excluding hydrogens is 356 g/mol. The Balaban J connectivity index is 1.65. The van der Waals surface area contributed by atoms with Crippen molar-refractivity contribution in [2.24, 2.45) is 7.05 Å². The standard InChI is InChI=1S/C20H24N6O2/c1-13-7-14(2)9-15(8-13)26-6-5-25(11-18(26)27)20-16-10-21-24(3)19(16)22-17(23-20)12-28-4/h7-10H,5-6,11-12H2,1-4H3. The molecular formula is C20H24N6O2. The molecule has 2 aromatic heterocycles. The van der Waals surface area contributed by atoms with E-state index in [9.17, 15) is 4.79 Å². The van der Waals surface area contributed by atoms with Gasteiger partial charge in [-0.2, -0.15) is 5.10 Å². The lowest BCUT2D eigenvalue weighted by Crippen LogP contribution is -2.51. The van der Waals surface area contributed by atoms with E-state index in [4.69, 9.17) is 4.74 Å². The van der Waals surface area contributed by atoms with E-state index in [-0.39, 0.29) is 12.5 Å². The monoisotopic (exact) mass is 380 g/mol. The van der Waals surface area contributed by atoms with Crippen molar-refractivity contribution in [3.8, 4) is 0 Å². The summed E-state index contributed by atoms with van der Waals surface area (Å²) in [5.74, 6) is 1.37. The van der Waals surface area contributed by atoms with Crippen LogP contribution in [0.25, 0.3) is 11.0 Å². The van der Waals surface area contributed by atoms with Crippen LogP contribution in [0.15, 0.2) is 24.4 Å². The first-order chi connectivity index (χ1) is 13.5. The number of methoxy groups -OCH3 is 1. The zero-order chi connectivity index (χ0) is 19.8. The summed E-state index contributed by atoms with van der Waals surface area (Å²) in [7, 11) is 3.46. The van der Waals surface area contributed by atoms with Crippen LogP contribution in [0.2, 0.25) is 0 Å². The number of aryl methyl sites for hydroxylation is 3. The van der Waals surface area contributed by atoms with E-state index in [1.807, 2.05) is 16.8 Å². The van der Waals surface area contributed by atoms with E-state index < -0.39 is 0 Å². The number of hydrogen-bond donors (Lipinski definition) is 0. The van der Waals surface area contributed by atoms with E-state index in [2.05, 4.69) is 47.1 Å². The molecule has 1 aromatic carbocycles. The van der Waals surface area contributed by atoms with Gasteiger partial charge in [0.1, 0.15) is 12.4 Å². The predicted molar refractivity (Wildman–Crippen MR) is 107 cm³/mol. The number of hydrogen-bond acceptors (Lipinski definition) is 6. The van der Waals surface area contributed by atoms with Crippen molar-refractivity contribution >= 4 is 28.4 Å². The van der Waals surface area contributed by atoms with Crippen LogP contribution in [0.5, 0.6) is 0 Å². The average Bonchev–Trinajstić information content (AvgIpc) is 3.01. The zero-order valence-electron chi connectivity index (χ0n) is 16.6. The van der Waals surface area contributed by atoms with Crippen molar-refractivity contribution < 1.29 is 9.53 Å². The van der Waals surface area contributed by atoms with Crippen molar-refractivity contribution in [2.75, 3.05) is 36.5 Å². The summed E-state index contributed by atoms with van der Waals surface area (Å²) in [5.41, 5.74) is 4.00. The van der Waals surface area contributed by atoms with E-state index in [1.165, 1.54) is 0 Å². The fourth-order valence-electron chi connectivity index (χ4n) is 3.72. The van der Waals surface area contributed by atoms with Crippen molar-refractivity contribution in [2.45, 2.75) is 20.5 Å². The minimum atomic E-state index is 0.0557. The molecule has 3 aromatic rings. The van der Waals surface area contributed by atoms with Gasteiger partial charge in [-0.25, -0.2) is 9.97 Å². The lowest BCUT2D eigenvalue weighted by molar-refractivity contribution is -0.117. The number of aromatic nitrogens is 4. The van der Waals surface area contributed by atoms with Gasteiger partial charge in [-0.05, 0) is 37.1 Å².